The van der Waals surface area contributed by atoms with Crippen LogP contribution in [0.3, 0.4) is 0 Å². The van der Waals surface area contributed by atoms with Gasteiger partial charge in [0, 0.05) is 19.2 Å². The molecule has 2 heterocycles. The van der Waals surface area contributed by atoms with Gasteiger partial charge in [-0.25, -0.2) is 5.10 Å². The monoisotopic (exact) mass is 195 g/mol. The summed E-state index contributed by atoms with van der Waals surface area (Å²) < 4.78 is 0. The number of H-pyrrole nitrogens is 1. The van der Waals surface area contributed by atoms with E-state index in [9.17, 15) is 9.90 Å². The van der Waals surface area contributed by atoms with Gasteiger partial charge in [-0.2, -0.15) is 5.10 Å². The highest BCUT2D eigenvalue weighted by Crippen LogP contribution is 2.28. The number of aliphatic hydroxyl groups is 1. The molecule has 76 valence electrons. The number of aromatic nitrogens is 2. The fraction of sp³-hybridized carbons (Fsp3) is 0.556. The predicted molar refractivity (Wildman–Crippen MR) is 52.3 cm³/mol. The predicted octanol–water partition coefficient (Wildman–Crippen LogP) is -0.269. The molecule has 0 atom stereocenters. The SMILES string of the molecule is CCC1(O)CN(c2cn[nH]c(=O)c2)C1. The van der Waals surface area contributed by atoms with Crippen LogP contribution in [-0.4, -0.2) is 34.0 Å². The number of hydrogen-bond acceptors (Lipinski definition) is 4. The maximum Gasteiger partial charge on any atom is 0.266 e. The standard InChI is InChI=1S/C9H13N3O2/c1-2-9(14)5-12(6-9)7-3-8(13)11-10-4-7/h3-4,14H,2,5-6H2,1H3,(H,11,13). The van der Waals surface area contributed by atoms with Crippen molar-refractivity contribution in [1.82, 2.24) is 10.2 Å². The lowest BCUT2D eigenvalue weighted by molar-refractivity contribution is 0.00847. The largest absolute Gasteiger partial charge is 0.386 e. The van der Waals surface area contributed by atoms with Gasteiger partial charge in [0.2, 0.25) is 0 Å². The highest BCUT2D eigenvalue weighted by molar-refractivity contribution is 5.47. The van der Waals surface area contributed by atoms with Crippen LogP contribution < -0.4 is 10.5 Å². The zero-order valence-electron chi connectivity index (χ0n) is 8.03. The second-order valence-electron chi connectivity index (χ2n) is 3.74. The molecule has 0 spiro atoms. The summed E-state index contributed by atoms with van der Waals surface area (Å²) in [5.74, 6) is 0. The van der Waals surface area contributed by atoms with Gasteiger partial charge < -0.3 is 10.0 Å². The van der Waals surface area contributed by atoms with Crippen molar-refractivity contribution < 1.29 is 5.11 Å². The van der Waals surface area contributed by atoms with Gasteiger partial charge in [-0.05, 0) is 6.42 Å². The molecule has 0 unspecified atom stereocenters. The van der Waals surface area contributed by atoms with E-state index >= 15 is 0 Å². The fourth-order valence-corrected chi connectivity index (χ4v) is 1.61. The molecule has 5 nitrogen and oxygen atoms in total. The quantitative estimate of drug-likeness (QED) is 0.681. The molecule has 1 aromatic heterocycles. The molecule has 1 saturated heterocycles. The van der Waals surface area contributed by atoms with Crippen LogP contribution in [0.15, 0.2) is 17.1 Å². The Kier molecular flexibility index (Phi) is 2.03. The molecule has 0 radical (unpaired) electrons. The Morgan fingerprint density at radius 3 is 3.00 bits per heavy atom. The summed E-state index contributed by atoms with van der Waals surface area (Å²) in [7, 11) is 0. The Bertz CT molecular complexity index is 382. The van der Waals surface area contributed by atoms with Crippen molar-refractivity contribution in [1.29, 1.82) is 0 Å². The topological polar surface area (TPSA) is 69.2 Å². The van der Waals surface area contributed by atoms with Crippen LogP contribution in [0.25, 0.3) is 0 Å². The Balaban J connectivity index is 2.10. The Morgan fingerprint density at radius 1 is 1.71 bits per heavy atom. The Hall–Kier alpha value is -1.36. The van der Waals surface area contributed by atoms with E-state index in [-0.39, 0.29) is 5.56 Å². The lowest BCUT2D eigenvalue weighted by Crippen LogP contribution is -2.61. The molecule has 0 bridgehead atoms. The van der Waals surface area contributed by atoms with Crippen molar-refractivity contribution in [2.75, 3.05) is 18.0 Å². The average Bonchev–Trinajstić information content (AvgIpc) is 2.13. The van der Waals surface area contributed by atoms with Crippen molar-refractivity contribution in [2.45, 2.75) is 18.9 Å². The van der Waals surface area contributed by atoms with Gasteiger partial charge in [-0.3, -0.25) is 4.79 Å². The van der Waals surface area contributed by atoms with Gasteiger partial charge >= 0.3 is 0 Å². The van der Waals surface area contributed by atoms with Gasteiger partial charge in [-0.1, -0.05) is 6.92 Å². The number of hydrogen-bond donors (Lipinski definition) is 2. The van der Waals surface area contributed by atoms with Crippen LogP contribution in [0, 0.1) is 0 Å². The van der Waals surface area contributed by atoms with Crippen molar-refractivity contribution in [3.05, 3.63) is 22.6 Å². The maximum atomic E-state index is 11.0. The minimum atomic E-state index is -0.581. The van der Waals surface area contributed by atoms with E-state index < -0.39 is 5.60 Å². The number of nitrogens with zero attached hydrogens (tertiary/aromatic N) is 2. The average molecular weight is 195 g/mol. The van der Waals surface area contributed by atoms with E-state index in [0.717, 1.165) is 12.1 Å². The molecule has 0 saturated carbocycles. The second kappa shape index (κ2) is 3.09. The molecule has 0 amide bonds. The lowest BCUT2D eigenvalue weighted by Gasteiger charge is -2.47. The first-order chi connectivity index (χ1) is 6.63. The van der Waals surface area contributed by atoms with Gasteiger partial charge in [-0.15, -0.1) is 0 Å². The fourth-order valence-electron chi connectivity index (χ4n) is 1.61. The van der Waals surface area contributed by atoms with E-state index in [0.29, 0.717) is 13.1 Å². The third kappa shape index (κ3) is 1.50. The van der Waals surface area contributed by atoms with Crippen LogP contribution in [0.5, 0.6) is 0 Å². The van der Waals surface area contributed by atoms with Gasteiger partial charge in [0.25, 0.3) is 5.56 Å². The molecular weight excluding hydrogens is 182 g/mol. The summed E-state index contributed by atoms with van der Waals surface area (Å²) in [4.78, 5) is 12.9. The van der Waals surface area contributed by atoms with Crippen LogP contribution in [0.1, 0.15) is 13.3 Å². The van der Waals surface area contributed by atoms with Crippen LogP contribution in [0.2, 0.25) is 0 Å². The summed E-state index contributed by atoms with van der Waals surface area (Å²) in [6.45, 7) is 3.11. The first-order valence-electron chi connectivity index (χ1n) is 4.65. The minimum absolute atomic E-state index is 0.213. The Labute approximate surface area is 81.4 Å². The number of aromatic amines is 1. The first-order valence-corrected chi connectivity index (χ1v) is 4.65. The van der Waals surface area contributed by atoms with Crippen LogP contribution in [0.4, 0.5) is 5.69 Å². The number of β-amino-alcohol motifs (C(OH)–C–C–N with tert-alkyl or cyclic N) is 1. The number of nitrogens with one attached hydrogen (secondary N) is 1. The zero-order chi connectivity index (χ0) is 10.2. The smallest absolute Gasteiger partial charge is 0.266 e. The van der Waals surface area contributed by atoms with Crippen molar-refractivity contribution in [2.24, 2.45) is 0 Å². The molecule has 1 fully saturated rings. The molecule has 14 heavy (non-hydrogen) atoms. The summed E-state index contributed by atoms with van der Waals surface area (Å²) >= 11 is 0. The van der Waals surface area contributed by atoms with E-state index in [1.165, 1.54) is 6.07 Å². The number of anilines is 1. The summed E-state index contributed by atoms with van der Waals surface area (Å²) in [5, 5.41) is 15.8. The zero-order valence-corrected chi connectivity index (χ0v) is 8.03. The van der Waals surface area contributed by atoms with E-state index in [1.54, 1.807) is 6.20 Å². The van der Waals surface area contributed by atoms with Crippen molar-refractivity contribution in [3.8, 4) is 0 Å². The third-order valence-electron chi connectivity index (χ3n) is 2.64. The maximum absolute atomic E-state index is 11.0. The molecule has 1 aromatic rings. The van der Waals surface area contributed by atoms with E-state index in [4.69, 9.17) is 0 Å². The summed E-state index contributed by atoms with van der Waals surface area (Å²) in [6.07, 6.45) is 2.33. The van der Waals surface area contributed by atoms with Crippen molar-refractivity contribution in [3.63, 3.8) is 0 Å². The summed E-state index contributed by atoms with van der Waals surface area (Å²) in [6, 6.07) is 1.49. The first kappa shape index (κ1) is 9.21. The summed E-state index contributed by atoms with van der Waals surface area (Å²) in [5.41, 5.74) is -0.0240. The third-order valence-corrected chi connectivity index (χ3v) is 2.64. The highest BCUT2D eigenvalue weighted by atomic mass is 16.3. The number of rotatable bonds is 2. The molecule has 0 aliphatic carbocycles. The van der Waals surface area contributed by atoms with Crippen LogP contribution >= 0.6 is 0 Å². The van der Waals surface area contributed by atoms with Gasteiger partial charge in [0.15, 0.2) is 0 Å². The van der Waals surface area contributed by atoms with Crippen LogP contribution in [-0.2, 0) is 0 Å². The normalized spacial score (nSPS) is 19.1. The van der Waals surface area contributed by atoms with E-state index in [2.05, 4.69) is 10.2 Å². The molecule has 2 N–H and O–H groups in total. The lowest BCUT2D eigenvalue weighted by atomic mass is 9.91. The van der Waals surface area contributed by atoms with Gasteiger partial charge in [0.05, 0.1) is 17.5 Å². The molecule has 0 aromatic carbocycles. The van der Waals surface area contributed by atoms with Crippen molar-refractivity contribution >= 4 is 5.69 Å². The molecular formula is C9H13N3O2. The second-order valence-corrected chi connectivity index (χ2v) is 3.74. The minimum Gasteiger partial charge on any atom is -0.386 e. The molecule has 5 heteroatoms. The molecule has 2 rings (SSSR count). The Morgan fingerprint density at radius 2 is 2.43 bits per heavy atom. The molecule has 1 aliphatic heterocycles. The highest BCUT2D eigenvalue weighted by Gasteiger charge is 2.39. The van der Waals surface area contributed by atoms with Gasteiger partial charge in [0.1, 0.15) is 0 Å². The van der Waals surface area contributed by atoms with E-state index in [1.807, 2.05) is 11.8 Å². The molecule has 1 aliphatic rings.